The Kier molecular flexibility index (Phi) is 8.00. The van der Waals surface area contributed by atoms with Crippen LogP contribution in [0.15, 0.2) is 53.7 Å². The van der Waals surface area contributed by atoms with Crippen molar-refractivity contribution in [1.29, 1.82) is 0 Å². The van der Waals surface area contributed by atoms with Crippen LogP contribution in [0.5, 0.6) is 0 Å². The molecule has 0 aliphatic rings. The third kappa shape index (κ3) is 6.28. The maximum absolute atomic E-state index is 12.7. The van der Waals surface area contributed by atoms with Crippen LogP contribution >= 0.6 is 11.8 Å². The monoisotopic (exact) mass is 436 g/mol. The smallest absolute Gasteiger partial charge is 0.216 e. The topological polar surface area (TPSA) is 76.9 Å². The molecule has 0 saturated carbocycles. The maximum atomic E-state index is 12.7. The summed E-state index contributed by atoms with van der Waals surface area (Å²) in [6.45, 7) is 6.24. The number of carbonyl (C=O) groups excluding carboxylic acids is 2. The maximum Gasteiger partial charge on any atom is 0.216 e. The quantitative estimate of drug-likeness (QED) is 0.293. The molecule has 0 radical (unpaired) electrons. The zero-order valence-corrected chi connectivity index (χ0v) is 19.0. The van der Waals surface area contributed by atoms with Crippen molar-refractivity contribution in [2.24, 2.45) is 0 Å². The number of Topliss-reactive ketones (excluding diaryl/α,β-unsaturated/α-hetero) is 1. The van der Waals surface area contributed by atoms with Gasteiger partial charge in [0, 0.05) is 31.1 Å². The van der Waals surface area contributed by atoms with Gasteiger partial charge in [0.05, 0.1) is 5.75 Å². The summed E-state index contributed by atoms with van der Waals surface area (Å²) in [6, 6.07) is 15.9. The summed E-state index contributed by atoms with van der Waals surface area (Å²) in [6.07, 6.45) is 2.39. The molecule has 1 heterocycles. The highest BCUT2D eigenvalue weighted by Gasteiger charge is 2.16. The second-order valence-corrected chi connectivity index (χ2v) is 8.36. The van der Waals surface area contributed by atoms with Crippen LogP contribution in [0.25, 0.3) is 5.69 Å². The van der Waals surface area contributed by atoms with Crippen LogP contribution in [0.3, 0.4) is 0 Å². The Morgan fingerprint density at radius 3 is 2.55 bits per heavy atom. The minimum Gasteiger partial charge on any atom is -0.356 e. The lowest BCUT2D eigenvalue weighted by Crippen LogP contribution is -2.21. The Morgan fingerprint density at radius 2 is 1.87 bits per heavy atom. The van der Waals surface area contributed by atoms with Gasteiger partial charge in [-0.3, -0.25) is 14.2 Å². The van der Waals surface area contributed by atoms with Crippen LogP contribution in [-0.2, 0) is 17.6 Å². The van der Waals surface area contributed by atoms with Crippen molar-refractivity contribution in [2.75, 3.05) is 12.3 Å². The fourth-order valence-corrected chi connectivity index (χ4v) is 4.10. The van der Waals surface area contributed by atoms with E-state index in [1.807, 2.05) is 54.0 Å². The molecule has 0 atom stereocenters. The molecule has 0 saturated heterocycles. The van der Waals surface area contributed by atoms with Gasteiger partial charge in [-0.2, -0.15) is 0 Å². The molecular weight excluding hydrogens is 408 g/mol. The Hall–Kier alpha value is -2.93. The molecule has 6 nitrogen and oxygen atoms in total. The first-order valence-electron chi connectivity index (χ1n) is 10.5. The van der Waals surface area contributed by atoms with Crippen molar-refractivity contribution in [3.05, 3.63) is 71.0 Å². The SMILES string of the molecule is CCc1ccc(C(=O)CSc2nnc(CCCNC(C)=O)n2-c2cccc(C)c2)cc1. The van der Waals surface area contributed by atoms with Gasteiger partial charge in [0.15, 0.2) is 10.9 Å². The number of ketones is 1. The number of hydrogen-bond acceptors (Lipinski definition) is 5. The van der Waals surface area contributed by atoms with Crippen LogP contribution < -0.4 is 5.32 Å². The number of nitrogens with zero attached hydrogens (tertiary/aromatic N) is 3. The molecule has 1 aromatic heterocycles. The van der Waals surface area contributed by atoms with E-state index in [2.05, 4.69) is 28.5 Å². The molecule has 7 heteroatoms. The minimum atomic E-state index is -0.0399. The largest absolute Gasteiger partial charge is 0.356 e. The number of nitrogens with one attached hydrogen (secondary N) is 1. The molecule has 1 amide bonds. The second-order valence-electron chi connectivity index (χ2n) is 7.42. The van der Waals surface area contributed by atoms with Crippen LogP contribution in [-0.4, -0.2) is 38.8 Å². The summed E-state index contributed by atoms with van der Waals surface area (Å²) in [4.78, 5) is 23.8. The van der Waals surface area contributed by atoms with Crippen molar-refractivity contribution in [3.8, 4) is 5.69 Å². The summed E-state index contributed by atoms with van der Waals surface area (Å²) >= 11 is 1.40. The van der Waals surface area contributed by atoms with E-state index in [-0.39, 0.29) is 11.7 Å². The molecule has 0 aliphatic heterocycles. The van der Waals surface area contributed by atoms with E-state index in [1.54, 1.807) is 0 Å². The number of rotatable bonds is 10. The Morgan fingerprint density at radius 1 is 1.10 bits per heavy atom. The first-order valence-corrected chi connectivity index (χ1v) is 11.5. The first kappa shape index (κ1) is 22.7. The number of aromatic nitrogens is 3. The van der Waals surface area contributed by atoms with Crippen molar-refractivity contribution in [1.82, 2.24) is 20.1 Å². The summed E-state index contributed by atoms with van der Waals surface area (Å²) in [7, 11) is 0. The van der Waals surface area contributed by atoms with E-state index in [1.165, 1.54) is 24.2 Å². The van der Waals surface area contributed by atoms with Crippen LogP contribution in [0, 0.1) is 6.92 Å². The summed E-state index contributed by atoms with van der Waals surface area (Å²) in [5.74, 6) is 1.14. The number of carbonyl (C=O) groups is 2. The Labute approximate surface area is 187 Å². The fraction of sp³-hybridized carbons (Fsp3) is 0.333. The molecule has 0 aliphatic carbocycles. The number of aryl methyl sites for hydroxylation is 3. The molecule has 3 rings (SSSR count). The molecule has 0 spiro atoms. The van der Waals surface area contributed by atoms with E-state index in [4.69, 9.17) is 0 Å². The molecule has 0 unspecified atom stereocenters. The van der Waals surface area contributed by atoms with Gasteiger partial charge in [0.25, 0.3) is 0 Å². The van der Waals surface area contributed by atoms with Gasteiger partial charge >= 0.3 is 0 Å². The lowest BCUT2D eigenvalue weighted by molar-refractivity contribution is -0.118. The Balaban J connectivity index is 1.76. The molecule has 31 heavy (non-hydrogen) atoms. The molecule has 3 aromatic rings. The third-order valence-electron chi connectivity index (χ3n) is 4.93. The van der Waals surface area contributed by atoms with Crippen molar-refractivity contribution in [3.63, 3.8) is 0 Å². The van der Waals surface area contributed by atoms with Gasteiger partial charge in [-0.1, -0.05) is 55.1 Å². The summed E-state index contributed by atoms with van der Waals surface area (Å²) in [5, 5.41) is 12.2. The molecule has 1 N–H and O–H groups in total. The predicted molar refractivity (Wildman–Crippen MR) is 124 cm³/mol. The van der Waals surface area contributed by atoms with Crippen molar-refractivity contribution < 1.29 is 9.59 Å². The molecular formula is C24H28N4O2S. The highest BCUT2D eigenvalue weighted by Crippen LogP contribution is 2.24. The van der Waals surface area contributed by atoms with Gasteiger partial charge in [-0.25, -0.2) is 0 Å². The zero-order valence-electron chi connectivity index (χ0n) is 18.2. The highest BCUT2D eigenvalue weighted by atomic mass is 32.2. The van der Waals surface area contributed by atoms with E-state index >= 15 is 0 Å². The lowest BCUT2D eigenvalue weighted by Gasteiger charge is -2.11. The highest BCUT2D eigenvalue weighted by molar-refractivity contribution is 7.99. The van der Waals surface area contributed by atoms with Gasteiger partial charge in [0.1, 0.15) is 5.82 Å². The summed E-state index contributed by atoms with van der Waals surface area (Å²) < 4.78 is 2.01. The van der Waals surface area contributed by atoms with E-state index in [9.17, 15) is 9.59 Å². The van der Waals surface area contributed by atoms with Gasteiger partial charge in [0.2, 0.25) is 5.91 Å². The number of thioether (sulfide) groups is 1. The molecule has 0 bridgehead atoms. The van der Waals surface area contributed by atoms with Crippen LogP contribution in [0.4, 0.5) is 0 Å². The summed E-state index contributed by atoms with van der Waals surface area (Å²) in [5.41, 5.74) is 4.04. The molecule has 2 aromatic carbocycles. The Bertz CT molecular complexity index is 1040. The van der Waals surface area contributed by atoms with Gasteiger partial charge < -0.3 is 5.32 Å². The average molecular weight is 437 g/mol. The predicted octanol–water partition coefficient (Wildman–Crippen LogP) is 4.18. The van der Waals surface area contributed by atoms with Crippen LogP contribution in [0.2, 0.25) is 0 Å². The lowest BCUT2D eigenvalue weighted by atomic mass is 10.1. The molecule has 162 valence electrons. The average Bonchev–Trinajstić information content (AvgIpc) is 3.17. The standard InChI is InChI=1S/C24H28N4O2S/c1-4-19-10-12-20(13-11-19)22(30)16-31-24-27-26-23(9-6-14-25-18(3)29)28(24)21-8-5-7-17(2)15-21/h5,7-8,10-13,15H,4,6,9,14,16H2,1-3H3,(H,25,29). The number of benzene rings is 2. The minimum absolute atomic E-state index is 0.0399. The van der Waals surface area contributed by atoms with Crippen LogP contribution in [0.1, 0.15) is 47.6 Å². The second kappa shape index (κ2) is 10.9. The third-order valence-corrected chi connectivity index (χ3v) is 5.86. The van der Waals surface area contributed by atoms with E-state index in [0.29, 0.717) is 29.4 Å². The normalized spacial score (nSPS) is 10.8. The van der Waals surface area contributed by atoms with Gasteiger partial charge in [-0.05, 0) is 43.0 Å². The number of amides is 1. The van der Waals surface area contributed by atoms with Gasteiger partial charge in [-0.15, -0.1) is 10.2 Å². The van der Waals surface area contributed by atoms with Crippen molar-refractivity contribution >= 4 is 23.5 Å². The van der Waals surface area contributed by atoms with E-state index < -0.39 is 0 Å². The molecule has 0 fully saturated rings. The fourth-order valence-electron chi connectivity index (χ4n) is 3.23. The van der Waals surface area contributed by atoms with Crippen molar-refractivity contribution in [2.45, 2.75) is 45.2 Å². The zero-order chi connectivity index (χ0) is 22.2. The first-order chi connectivity index (χ1) is 15.0. The van der Waals surface area contributed by atoms with E-state index in [0.717, 1.165) is 29.9 Å². The number of hydrogen-bond donors (Lipinski definition) is 1.